The van der Waals surface area contributed by atoms with Crippen molar-refractivity contribution in [3.8, 4) is 0 Å². The molecule has 20 heteroatoms. The van der Waals surface area contributed by atoms with E-state index < -0.39 is 96.5 Å². The van der Waals surface area contributed by atoms with Crippen molar-refractivity contribution < 1.29 is 48.6 Å². The molecule has 20 nitrogen and oxygen atoms in total. The molecule has 280 valence electrons. The number of nitrogens with one attached hydrogen (secondary N) is 5. The fraction of sp³-hybridized carbons (Fsp3) is 0.700. The predicted octanol–water partition coefficient (Wildman–Crippen LogP) is -3.80. The Morgan fingerprint density at radius 3 is 2.02 bits per heavy atom. The van der Waals surface area contributed by atoms with Gasteiger partial charge in [-0.05, 0) is 57.4 Å². The molecule has 0 bridgehead atoms. The number of rotatable bonds is 20. The third kappa shape index (κ3) is 13.5. The topological polar surface area (TPSA) is 331 Å². The lowest BCUT2D eigenvalue weighted by molar-refractivity contribution is -0.147. The van der Waals surface area contributed by atoms with Crippen LogP contribution in [0.15, 0.2) is 4.99 Å². The zero-order valence-electron chi connectivity index (χ0n) is 28.3. The van der Waals surface area contributed by atoms with Crippen LogP contribution in [0.3, 0.4) is 0 Å². The summed E-state index contributed by atoms with van der Waals surface area (Å²) in [7, 11) is 0. The van der Waals surface area contributed by atoms with E-state index in [2.05, 4.69) is 31.6 Å². The molecule has 2 fully saturated rings. The van der Waals surface area contributed by atoms with Gasteiger partial charge in [0.25, 0.3) is 0 Å². The van der Waals surface area contributed by atoms with Gasteiger partial charge in [0.05, 0.1) is 18.9 Å². The van der Waals surface area contributed by atoms with Gasteiger partial charge in [-0.1, -0.05) is 13.8 Å². The monoisotopic (exact) mass is 710 g/mol. The number of nitrogens with zero attached hydrogens (tertiary/aromatic N) is 2. The van der Waals surface area contributed by atoms with Crippen LogP contribution in [0.1, 0.15) is 71.6 Å². The van der Waals surface area contributed by atoms with E-state index >= 15 is 0 Å². The highest BCUT2D eigenvalue weighted by molar-refractivity contribution is 5.98. The molecule has 6 amide bonds. The van der Waals surface area contributed by atoms with Gasteiger partial charge >= 0.3 is 11.9 Å². The molecule has 2 saturated heterocycles. The fourth-order valence-corrected chi connectivity index (χ4v) is 5.75. The van der Waals surface area contributed by atoms with Crippen molar-refractivity contribution in [2.24, 2.45) is 28.1 Å². The number of carboxylic acids is 2. The van der Waals surface area contributed by atoms with Gasteiger partial charge in [-0.3, -0.25) is 38.6 Å². The van der Waals surface area contributed by atoms with Gasteiger partial charge in [-0.2, -0.15) is 0 Å². The SMILES string of the molecule is CC(C)C[C@H](NC(=O)[C@@H]1CCCN1C(=O)[C@H](CC(N)=O)NC(=O)[C@H](CCCN=C(N)N)NC(=O)[C@@H]1CCCN1)C(=O)N[C@@H](CC(=O)O)C(=O)O. The lowest BCUT2D eigenvalue weighted by Gasteiger charge is -2.30. The second-order valence-corrected chi connectivity index (χ2v) is 12.8. The summed E-state index contributed by atoms with van der Waals surface area (Å²) in [4.78, 5) is 106. The molecule has 0 saturated carbocycles. The number of amides is 6. The van der Waals surface area contributed by atoms with Crippen molar-refractivity contribution in [2.45, 2.75) is 108 Å². The Labute approximate surface area is 289 Å². The average molecular weight is 711 g/mol. The predicted molar refractivity (Wildman–Crippen MR) is 177 cm³/mol. The van der Waals surface area contributed by atoms with Crippen molar-refractivity contribution in [2.75, 3.05) is 19.6 Å². The highest BCUT2D eigenvalue weighted by Crippen LogP contribution is 2.20. The molecule has 0 unspecified atom stereocenters. The van der Waals surface area contributed by atoms with Gasteiger partial charge in [0, 0.05) is 13.1 Å². The van der Waals surface area contributed by atoms with Crippen LogP contribution in [0.2, 0.25) is 0 Å². The maximum absolute atomic E-state index is 13.8. The Morgan fingerprint density at radius 2 is 1.46 bits per heavy atom. The van der Waals surface area contributed by atoms with E-state index in [1.807, 2.05) is 0 Å². The second-order valence-electron chi connectivity index (χ2n) is 12.8. The fourth-order valence-electron chi connectivity index (χ4n) is 5.75. The first-order chi connectivity index (χ1) is 23.5. The van der Waals surface area contributed by atoms with Crippen molar-refractivity contribution in [3.05, 3.63) is 0 Å². The molecule has 2 heterocycles. The lowest BCUT2D eigenvalue weighted by Crippen LogP contribution is -2.59. The quantitative estimate of drug-likeness (QED) is 0.0330. The standard InChI is InChI=1S/C30H50N10O10/c1-15(2)12-18(26(46)39-20(29(49)50)14-23(42)43)37-27(47)21-8-5-11-40(21)28(48)19(13-22(31)41)38-25(45)17(7-4-10-35-30(32)33)36-24(44)16-6-3-9-34-16/h15-21,34H,3-14H2,1-2H3,(H2,31,41)(H,36,44)(H,37,47)(H,38,45)(H,39,46)(H,42,43)(H,49,50)(H4,32,33,35)/t16-,17-,18-,19-,20-,21-/m0/s1. The van der Waals surface area contributed by atoms with Crippen LogP contribution in [-0.4, -0.2) is 124 Å². The summed E-state index contributed by atoms with van der Waals surface area (Å²) >= 11 is 0. The summed E-state index contributed by atoms with van der Waals surface area (Å²) in [5.41, 5.74) is 16.2. The Kier molecular flexibility index (Phi) is 16.3. The summed E-state index contributed by atoms with van der Waals surface area (Å²) < 4.78 is 0. The van der Waals surface area contributed by atoms with E-state index in [0.29, 0.717) is 19.4 Å². The number of likely N-dealkylation sites (tertiary alicyclic amines) is 1. The Bertz CT molecular complexity index is 1300. The first kappa shape index (κ1) is 41.2. The van der Waals surface area contributed by atoms with Gasteiger partial charge in [0.1, 0.15) is 30.2 Å². The number of aliphatic imine (C=N–C) groups is 1. The highest BCUT2D eigenvalue weighted by atomic mass is 16.4. The van der Waals surface area contributed by atoms with E-state index in [1.54, 1.807) is 13.8 Å². The van der Waals surface area contributed by atoms with E-state index in [1.165, 1.54) is 0 Å². The number of primary amides is 1. The van der Waals surface area contributed by atoms with Crippen LogP contribution in [0, 0.1) is 5.92 Å². The minimum Gasteiger partial charge on any atom is -0.481 e. The molecular formula is C30H50N10O10. The average Bonchev–Trinajstić information content (AvgIpc) is 3.73. The summed E-state index contributed by atoms with van der Waals surface area (Å²) in [5, 5.41) is 31.3. The number of aliphatic carboxylic acids is 2. The third-order valence-corrected chi connectivity index (χ3v) is 8.15. The van der Waals surface area contributed by atoms with E-state index in [-0.39, 0.29) is 50.7 Å². The second kappa shape index (κ2) is 19.9. The van der Waals surface area contributed by atoms with Crippen LogP contribution in [0.25, 0.3) is 0 Å². The maximum Gasteiger partial charge on any atom is 0.326 e. The molecule has 13 N–H and O–H groups in total. The summed E-state index contributed by atoms with van der Waals surface area (Å²) in [6.07, 6.45) is 0.789. The molecular weight excluding hydrogens is 660 g/mol. The highest BCUT2D eigenvalue weighted by Gasteiger charge is 2.40. The number of guanidine groups is 1. The first-order valence-corrected chi connectivity index (χ1v) is 16.5. The molecule has 6 atom stereocenters. The Hall–Kier alpha value is -5.01. The summed E-state index contributed by atoms with van der Waals surface area (Å²) in [5.74, 6) is -7.92. The molecule has 2 rings (SSSR count). The Balaban J connectivity index is 2.23. The minimum absolute atomic E-state index is 0.0602. The zero-order valence-corrected chi connectivity index (χ0v) is 28.3. The van der Waals surface area contributed by atoms with E-state index in [4.69, 9.17) is 22.3 Å². The van der Waals surface area contributed by atoms with Crippen molar-refractivity contribution >= 4 is 53.3 Å². The van der Waals surface area contributed by atoms with Gasteiger partial charge in [-0.15, -0.1) is 0 Å². The van der Waals surface area contributed by atoms with Crippen LogP contribution >= 0.6 is 0 Å². The van der Waals surface area contributed by atoms with Crippen molar-refractivity contribution in [1.82, 2.24) is 31.5 Å². The molecule has 0 radical (unpaired) electrons. The van der Waals surface area contributed by atoms with Gasteiger partial charge in [-0.25, -0.2) is 4.79 Å². The third-order valence-electron chi connectivity index (χ3n) is 8.15. The number of carbonyl (C=O) groups excluding carboxylic acids is 6. The molecule has 0 aromatic carbocycles. The number of nitrogens with two attached hydrogens (primary N) is 3. The molecule has 2 aliphatic rings. The normalized spacial score (nSPS) is 19.4. The minimum atomic E-state index is -1.75. The number of hydrogen-bond donors (Lipinski definition) is 10. The molecule has 2 aliphatic heterocycles. The molecule has 0 aromatic rings. The molecule has 0 spiro atoms. The zero-order chi connectivity index (χ0) is 37.5. The summed E-state index contributed by atoms with van der Waals surface area (Å²) in [6, 6.07) is -7.29. The molecule has 0 aliphatic carbocycles. The van der Waals surface area contributed by atoms with E-state index in [0.717, 1.165) is 11.3 Å². The number of hydrogen-bond acceptors (Lipinski definition) is 10. The van der Waals surface area contributed by atoms with Gasteiger partial charge in [0.2, 0.25) is 35.4 Å². The largest absolute Gasteiger partial charge is 0.481 e. The van der Waals surface area contributed by atoms with Crippen LogP contribution < -0.4 is 43.8 Å². The number of carboxylic acid groups (broad SMARTS) is 2. The molecule has 50 heavy (non-hydrogen) atoms. The van der Waals surface area contributed by atoms with Gasteiger partial charge in [0.15, 0.2) is 5.96 Å². The lowest BCUT2D eigenvalue weighted by atomic mass is 10.0. The van der Waals surface area contributed by atoms with Crippen LogP contribution in [-0.2, 0) is 38.4 Å². The summed E-state index contributed by atoms with van der Waals surface area (Å²) in [6.45, 7) is 4.36. The van der Waals surface area contributed by atoms with Crippen LogP contribution in [0.5, 0.6) is 0 Å². The first-order valence-electron chi connectivity index (χ1n) is 16.5. The maximum atomic E-state index is 13.8. The Morgan fingerprint density at radius 1 is 0.820 bits per heavy atom. The van der Waals surface area contributed by atoms with Crippen molar-refractivity contribution in [3.63, 3.8) is 0 Å². The van der Waals surface area contributed by atoms with Crippen molar-refractivity contribution in [1.29, 1.82) is 0 Å². The van der Waals surface area contributed by atoms with Gasteiger partial charge < -0.3 is 58.9 Å². The molecule has 0 aromatic heterocycles. The van der Waals surface area contributed by atoms with Crippen LogP contribution in [0.4, 0.5) is 0 Å². The van der Waals surface area contributed by atoms with E-state index in [9.17, 15) is 43.5 Å². The number of carbonyl (C=O) groups is 8. The smallest absolute Gasteiger partial charge is 0.326 e.